The third-order valence-electron chi connectivity index (χ3n) is 3.35. The second-order valence-electron chi connectivity index (χ2n) is 4.51. The fraction of sp³-hybridized carbons (Fsp3) is 0.125. The topological polar surface area (TPSA) is 16.8 Å². The Labute approximate surface area is 107 Å². The van der Waals surface area contributed by atoms with Gasteiger partial charge in [0.1, 0.15) is 18.8 Å². The summed E-state index contributed by atoms with van der Waals surface area (Å²) >= 11 is 0. The van der Waals surface area contributed by atoms with E-state index >= 15 is 0 Å². The highest BCUT2D eigenvalue weighted by Crippen LogP contribution is 2.20. The Morgan fingerprint density at radius 3 is 2.50 bits per heavy atom. The molecular formula is C16H15N2+. The third kappa shape index (κ3) is 1.66. The van der Waals surface area contributed by atoms with Crippen molar-refractivity contribution in [2.75, 3.05) is 0 Å². The van der Waals surface area contributed by atoms with Gasteiger partial charge in [-0.05, 0) is 24.6 Å². The molecule has 1 aromatic heterocycles. The van der Waals surface area contributed by atoms with Crippen LogP contribution in [0, 0.1) is 6.92 Å². The van der Waals surface area contributed by atoms with E-state index in [1.807, 2.05) is 24.4 Å². The van der Waals surface area contributed by atoms with Crippen molar-refractivity contribution in [2.45, 2.75) is 6.92 Å². The molecule has 0 aliphatic carbocycles. The maximum Gasteiger partial charge on any atom is 0.231 e. The van der Waals surface area contributed by atoms with Gasteiger partial charge in [0.05, 0.1) is 5.56 Å². The minimum Gasteiger partial charge on any atom is -0.243 e. The Balaban J connectivity index is 2.31. The van der Waals surface area contributed by atoms with Crippen molar-refractivity contribution in [2.24, 2.45) is 7.05 Å². The van der Waals surface area contributed by atoms with Gasteiger partial charge in [0, 0.05) is 6.07 Å². The second kappa shape index (κ2) is 4.22. The molecule has 1 heterocycles. The summed E-state index contributed by atoms with van der Waals surface area (Å²) in [6.45, 7) is 2.13. The van der Waals surface area contributed by atoms with Gasteiger partial charge < -0.3 is 0 Å². The van der Waals surface area contributed by atoms with Crippen LogP contribution in [0.2, 0.25) is 0 Å². The summed E-state index contributed by atoms with van der Waals surface area (Å²) in [5.41, 5.74) is 5.82. The van der Waals surface area contributed by atoms with Gasteiger partial charge in [0.15, 0.2) is 0 Å². The van der Waals surface area contributed by atoms with Crippen LogP contribution in [-0.4, -0.2) is 4.98 Å². The molecule has 0 unspecified atom stereocenters. The van der Waals surface area contributed by atoms with Gasteiger partial charge in [-0.25, -0.2) is 4.98 Å². The largest absolute Gasteiger partial charge is 0.243 e. The van der Waals surface area contributed by atoms with Gasteiger partial charge in [-0.15, -0.1) is 0 Å². The van der Waals surface area contributed by atoms with Crippen molar-refractivity contribution < 1.29 is 4.57 Å². The number of hydrogen-bond donors (Lipinski definition) is 0. The van der Waals surface area contributed by atoms with Gasteiger partial charge in [0.25, 0.3) is 0 Å². The number of aromatic nitrogens is 2. The van der Waals surface area contributed by atoms with E-state index in [0.29, 0.717) is 0 Å². The number of aryl methyl sites for hydroxylation is 2. The summed E-state index contributed by atoms with van der Waals surface area (Å²) in [5.74, 6) is 0. The lowest BCUT2D eigenvalue weighted by molar-refractivity contribution is -0.633. The van der Waals surface area contributed by atoms with E-state index in [2.05, 4.69) is 53.9 Å². The quantitative estimate of drug-likeness (QED) is 0.592. The van der Waals surface area contributed by atoms with Gasteiger partial charge in [0.2, 0.25) is 11.2 Å². The summed E-state index contributed by atoms with van der Waals surface area (Å²) in [6, 6.07) is 16.6. The van der Waals surface area contributed by atoms with Gasteiger partial charge in [-0.1, -0.05) is 30.3 Å². The van der Waals surface area contributed by atoms with Crippen molar-refractivity contribution in [3.63, 3.8) is 0 Å². The smallest absolute Gasteiger partial charge is 0.231 e. The van der Waals surface area contributed by atoms with Gasteiger partial charge in [-0.3, -0.25) is 0 Å². The fourth-order valence-electron chi connectivity index (χ4n) is 2.31. The number of para-hydroxylation sites is 2. The Morgan fingerprint density at radius 2 is 1.67 bits per heavy atom. The zero-order chi connectivity index (χ0) is 12.5. The van der Waals surface area contributed by atoms with E-state index in [-0.39, 0.29) is 0 Å². The highest BCUT2D eigenvalue weighted by atomic mass is 15.0. The highest BCUT2D eigenvalue weighted by molar-refractivity contribution is 5.72. The lowest BCUT2D eigenvalue weighted by Crippen LogP contribution is -2.32. The molecule has 2 aromatic carbocycles. The molecule has 0 aliphatic heterocycles. The lowest BCUT2D eigenvalue weighted by Gasteiger charge is -2.05. The summed E-state index contributed by atoms with van der Waals surface area (Å²) in [4.78, 5) is 4.54. The molecule has 2 nitrogen and oxygen atoms in total. The van der Waals surface area contributed by atoms with E-state index < -0.39 is 0 Å². The van der Waals surface area contributed by atoms with Gasteiger partial charge in [-0.2, -0.15) is 4.57 Å². The maximum atomic E-state index is 4.54. The summed E-state index contributed by atoms with van der Waals surface area (Å²) in [7, 11) is 2.09. The van der Waals surface area contributed by atoms with Crippen molar-refractivity contribution in [3.05, 3.63) is 60.3 Å². The van der Waals surface area contributed by atoms with Crippen molar-refractivity contribution in [3.8, 4) is 11.3 Å². The standard InChI is InChI=1S/C16H15N2/c1-12-7-3-4-8-13(12)16-11-17-14-9-5-6-10-15(14)18(16)2/h3-11H,1-2H3/q+1. The molecule has 0 spiro atoms. The average Bonchev–Trinajstić information content (AvgIpc) is 2.41. The average molecular weight is 235 g/mol. The first-order valence-corrected chi connectivity index (χ1v) is 6.07. The highest BCUT2D eigenvalue weighted by Gasteiger charge is 2.15. The molecule has 0 bridgehead atoms. The summed E-state index contributed by atoms with van der Waals surface area (Å²) < 4.78 is 2.20. The maximum absolute atomic E-state index is 4.54. The summed E-state index contributed by atoms with van der Waals surface area (Å²) in [5, 5.41) is 0. The molecular weight excluding hydrogens is 220 g/mol. The predicted octanol–water partition coefficient (Wildman–Crippen LogP) is 3.03. The second-order valence-corrected chi connectivity index (χ2v) is 4.51. The van der Waals surface area contributed by atoms with Crippen LogP contribution in [0.1, 0.15) is 5.56 Å². The number of hydrogen-bond acceptors (Lipinski definition) is 1. The predicted molar refractivity (Wildman–Crippen MR) is 73.1 cm³/mol. The Bertz CT molecular complexity index is 717. The van der Waals surface area contributed by atoms with Crippen molar-refractivity contribution in [1.82, 2.24) is 4.98 Å². The summed E-state index contributed by atoms with van der Waals surface area (Å²) in [6.07, 6.45) is 1.95. The van der Waals surface area contributed by atoms with E-state index in [0.717, 1.165) is 16.7 Å². The SMILES string of the molecule is Cc1ccccc1-c1cnc2ccccc2[n+]1C. The van der Waals surface area contributed by atoms with Crippen LogP contribution in [0.25, 0.3) is 22.3 Å². The third-order valence-corrected chi connectivity index (χ3v) is 3.35. The molecule has 3 aromatic rings. The first-order valence-electron chi connectivity index (χ1n) is 6.07. The van der Waals surface area contributed by atoms with E-state index in [1.54, 1.807) is 0 Å². The van der Waals surface area contributed by atoms with Crippen LogP contribution >= 0.6 is 0 Å². The van der Waals surface area contributed by atoms with Crippen LogP contribution in [0.5, 0.6) is 0 Å². The molecule has 2 heteroatoms. The van der Waals surface area contributed by atoms with Crippen LogP contribution in [-0.2, 0) is 7.05 Å². The Kier molecular flexibility index (Phi) is 2.56. The van der Waals surface area contributed by atoms with E-state index in [1.165, 1.54) is 11.1 Å². The molecule has 3 rings (SSSR count). The monoisotopic (exact) mass is 235 g/mol. The minimum absolute atomic E-state index is 1.03. The molecule has 0 saturated heterocycles. The molecule has 0 fully saturated rings. The first kappa shape index (κ1) is 10.9. The van der Waals surface area contributed by atoms with Gasteiger partial charge >= 0.3 is 0 Å². The van der Waals surface area contributed by atoms with E-state index in [9.17, 15) is 0 Å². The Hall–Kier alpha value is -2.22. The number of nitrogens with zero attached hydrogens (tertiary/aromatic N) is 2. The van der Waals surface area contributed by atoms with Crippen LogP contribution < -0.4 is 4.57 Å². The van der Waals surface area contributed by atoms with Crippen LogP contribution in [0.15, 0.2) is 54.7 Å². The molecule has 18 heavy (non-hydrogen) atoms. The first-order chi connectivity index (χ1) is 8.77. The molecule has 0 atom stereocenters. The molecule has 0 aliphatic rings. The van der Waals surface area contributed by atoms with E-state index in [4.69, 9.17) is 0 Å². The van der Waals surface area contributed by atoms with Crippen molar-refractivity contribution >= 4 is 11.0 Å². The number of rotatable bonds is 1. The zero-order valence-electron chi connectivity index (χ0n) is 10.6. The van der Waals surface area contributed by atoms with Crippen LogP contribution in [0.3, 0.4) is 0 Å². The molecule has 0 radical (unpaired) electrons. The molecule has 0 N–H and O–H groups in total. The normalized spacial score (nSPS) is 10.8. The molecule has 88 valence electrons. The van der Waals surface area contributed by atoms with Crippen molar-refractivity contribution in [1.29, 1.82) is 0 Å². The number of benzene rings is 2. The molecule has 0 saturated carbocycles. The van der Waals surface area contributed by atoms with Crippen LogP contribution in [0.4, 0.5) is 0 Å². The number of fused-ring (bicyclic) bond motifs is 1. The lowest BCUT2D eigenvalue weighted by atomic mass is 10.1. The zero-order valence-corrected chi connectivity index (χ0v) is 10.6. The Morgan fingerprint density at radius 1 is 0.944 bits per heavy atom. The molecule has 0 amide bonds. The minimum atomic E-state index is 1.03. The fourth-order valence-corrected chi connectivity index (χ4v) is 2.31.